The van der Waals surface area contributed by atoms with Crippen molar-refractivity contribution in [1.82, 2.24) is 10.3 Å². The Kier molecular flexibility index (Phi) is 6.95. The predicted octanol–water partition coefficient (Wildman–Crippen LogP) is 5.27. The highest BCUT2D eigenvalue weighted by Gasteiger charge is 2.55. The lowest BCUT2D eigenvalue weighted by atomic mass is 9.52. The molecule has 2 heterocycles. The highest BCUT2D eigenvalue weighted by molar-refractivity contribution is 7.99. The first kappa shape index (κ1) is 23.5. The summed E-state index contributed by atoms with van der Waals surface area (Å²) in [5, 5.41) is 15.2. The van der Waals surface area contributed by atoms with Crippen LogP contribution in [0.1, 0.15) is 88.4 Å². The third-order valence-corrected chi connectivity index (χ3v) is 9.81. The van der Waals surface area contributed by atoms with Gasteiger partial charge in [-0.2, -0.15) is 0 Å². The molecule has 5 aliphatic rings. The Morgan fingerprint density at radius 3 is 2.70 bits per heavy atom. The van der Waals surface area contributed by atoms with E-state index in [0.717, 1.165) is 79.7 Å². The summed E-state index contributed by atoms with van der Waals surface area (Å²) in [6, 6.07) is 4.29. The quantitative estimate of drug-likeness (QED) is 0.506. The summed E-state index contributed by atoms with van der Waals surface area (Å²) in [5.41, 5.74) is 0.263. The Bertz CT molecular complexity index is 844. The van der Waals surface area contributed by atoms with Gasteiger partial charge in [0, 0.05) is 19.1 Å². The predicted molar refractivity (Wildman–Crippen MR) is 135 cm³/mol. The highest BCUT2D eigenvalue weighted by atomic mass is 32.2. The summed E-state index contributed by atoms with van der Waals surface area (Å²) >= 11 is 1.72. The lowest BCUT2D eigenvalue weighted by Gasteiger charge is -2.58. The van der Waals surface area contributed by atoms with Gasteiger partial charge in [0.1, 0.15) is 10.8 Å². The Morgan fingerprint density at radius 1 is 1.21 bits per heavy atom. The van der Waals surface area contributed by atoms with Crippen molar-refractivity contribution in [3.8, 4) is 0 Å². The van der Waals surface area contributed by atoms with Gasteiger partial charge in [-0.25, -0.2) is 4.98 Å². The van der Waals surface area contributed by atoms with E-state index in [4.69, 9.17) is 4.98 Å². The second-order valence-electron chi connectivity index (χ2n) is 11.3. The second kappa shape index (κ2) is 9.77. The van der Waals surface area contributed by atoms with Crippen molar-refractivity contribution < 1.29 is 9.90 Å². The highest BCUT2D eigenvalue weighted by Crippen LogP contribution is 2.55. The molecule has 5 fully saturated rings. The van der Waals surface area contributed by atoms with Gasteiger partial charge < -0.3 is 15.3 Å². The number of carbonyl (C=O) groups excluding carboxylic acids is 1. The Balaban J connectivity index is 1.32. The van der Waals surface area contributed by atoms with Gasteiger partial charge in [-0.1, -0.05) is 20.3 Å². The van der Waals surface area contributed by atoms with Crippen molar-refractivity contribution in [2.24, 2.45) is 23.7 Å². The van der Waals surface area contributed by atoms with E-state index < -0.39 is 5.60 Å². The summed E-state index contributed by atoms with van der Waals surface area (Å²) in [5.74, 6) is 4.28. The van der Waals surface area contributed by atoms with Gasteiger partial charge in [0.15, 0.2) is 0 Å². The minimum atomic E-state index is -0.465. The van der Waals surface area contributed by atoms with Gasteiger partial charge in [-0.3, -0.25) is 4.79 Å². The first-order chi connectivity index (χ1) is 16.0. The molecule has 1 aromatic heterocycles. The molecular formula is C27H41N3O2S. The molecule has 0 aromatic carbocycles. The molecular weight excluding hydrogens is 430 g/mol. The van der Waals surface area contributed by atoms with E-state index in [2.05, 4.69) is 30.1 Å². The maximum absolute atomic E-state index is 13.5. The average Bonchev–Trinajstić information content (AvgIpc) is 2.79. The minimum absolute atomic E-state index is 0.0274. The molecule has 4 bridgehead atoms. The van der Waals surface area contributed by atoms with Crippen LogP contribution in [0.3, 0.4) is 0 Å². The van der Waals surface area contributed by atoms with Crippen LogP contribution in [0.4, 0.5) is 5.82 Å². The number of aromatic nitrogens is 1. The van der Waals surface area contributed by atoms with E-state index in [-0.39, 0.29) is 11.9 Å². The summed E-state index contributed by atoms with van der Waals surface area (Å²) < 4.78 is 0. The van der Waals surface area contributed by atoms with E-state index >= 15 is 0 Å². The third kappa shape index (κ3) is 4.93. The molecule has 1 amide bonds. The van der Waals surface area contributed by atoms with Crippen LogP contribution in [-0.4, -0.2) is 46.5 Å². The summed E-state index contributed by atoms with van der Waals surface area (Å²) in [4.78, 5) is 20.9. The van der Waals surface area contributed by atoms with Crippen LogP contribution in [0.2, 0.25) is 0 Å². The fraction of sp³-hybridized carbons (Fsp3) is 0.778. The summed E-state index contributed by atoms with van der Waals surface area (Å²) in [7, 11) is 0. The molecule has 1 aliphatic heterocycles. The molecule has 182 valence electrons. The van der Waals surface area contributed by atoms with E-state index in [9.17, 15) is 9.90 Å². The van der Waals surface area contributed by atoms with E-state index in [1.807, 2.05) is 6.07 Å². The molecule has 1 aromatic rings. The van der Waals surface area contributed by atoms with Crippen molar-refractivity contribution in [3.63, 3.8) is 0 Å². The van der Waals surface area contributed by atoms with Crippen LogP contribution in [0.15, 0.2) is 17.2 Å². The number of hydrogen-bond acceptors (Lipinski definition) is 5. The number of aliphatic hydroxyl groups is 1. The Morgan fingerprint density at radius 2 is 2.00 bits per heavy atom. The van der Waals surface area contributed by atoms with Crippen molar-refractivity contribution in [1.29, 1.82) is 0 Å². The topological polar surface area (TPSA) is 65.5 Å². The molecule has 33 heavy (non-hydrogen) atoms. The van der Waals surface area contributed by atoms with Crippen LogP contribution < -0.4 is 10.2 Å². The van der Waals surface area contributed by atoms with Crippen LogP contribution in [0.25, 0.3) is 0 Å². The number of nitrogens with zero attached hydrogens (tertiary/aromatic N) is 2. The third-order valence-electron chi connectivity index (χ3n) is 8.61. The van der Waals surface area contributed by atoms with Crippen LogP contribution in [0.5, 0.6) is 0 Å². The van der Waals surface area contributed by atoms with Gasteiger partial charge >= 0.3 is 0 Å². The zero-order chi connectivity index (χ0) is 23.0. The molecule has 6 heteroatoms. The van der Waals surface area contributed by atoms with Gasteiger partial charge in [0.25, 0.3) is 5.91 Å². The largest absolute Gasteiger partial charge is 0.390 e. The smallest absolute Gasteiger partial charge is 0.254 e. The van der Waals surface area contributed by atoms with Gasteiger partial charge in [-0.15, -0.1) is 11.8 Å². The first-order valence-electron chi connectivity index (χ1n) is 13.4. The minimum Gasteiger partial charge on any atom is -0.390 e. The number of hydrogen-bond donors (Lipinski definition) is 2. The summed E-state index contributed by atoms with van der Waals surface area (Å²) in [6.07, 6.45) is 11.1. The molecule has 3 unspecified atom stereocenters. The van der Waals surface area contributed by atoms with Gasteiger partial charge in [-0.05, 0) is 99.3 Å². The number of nitrogens with one attached hydrogen (secondary N) is 1. The molecule has 2 N–H and O–H groups in total. The zero-order valence-electron chi connectivity index (χ0n) is 20.4. The Labute approximate surface area is 203 Å². The molecule has 0 spiro atoms. The Hall–Kier alpha value is -1.27. The normalized spacial score (nSPS) is 35.1. The molecule has 0 radical (unpaired) electrons. The van der Waals surface area contributed by atoms with E-state index in [1.165, 1.54) is 25.7 Å². The molecule has 5 nitrogen and oxygen atoms in total. The summed E-state index contributed by atoms with van der Waals surface area (Å²) in [6.45, 7) is 6.59. The van der Waals surface area contributed by atoms with E-state index in [0.29, 0.717) is 17.8 Å². The fourth-order valence-corrected chi connectivity index (χ4v) is 8.32. The maximum Gasteiger partial charge on any atom is 0.254 e. The standard InChI is InChI=1S/C27H41N3O2S/c1-3-6-18-7-5-10-30(17-18)23-9-8-22(26(28-23)33-11-4-2)25(31)29-24-20-12-19-13-21(24)16-27(32,14-19)15-20/h8-9,18-21,24,32H,3-7,10-17H2,1-2H3,(H,29,31)/t18?,19?,20?,21?,24-,27+. The lowest BCUT2D eigenvalue weighted by molar-refractivity contribution is -0.136. The maximum atomic E-state index is 13.5. The van der Waals surface area contributed by atoms with Crippen LogP contribution in [0, 0.1) is 23.7 Å². The molecule has 1 saturated heterocycles. The molecule has 6 rings (SSSR count). The number of anilines is 1. The average molecular weight is 472 g/mol. The number of piperidine rings is 1. The van der Waals surface area contributed by atoms with Crippen molar-refractivity contribution >= 4 is 23.5 Å². The second-order valence-corrected chi connectivity index (χ2v) is 12.4. The van der Waals surface area contributed by atoms with Crippen molar-refractivity contribution in [3.05, 3.63) is 17.7 Å². The van der Waals surface area contributed by atoms with Gasteiger partial charge in [0.2, 0.25) is 0 Å². The number of thioether (sulfide) groups is 1. The fourth-order valence-electron chi connectivity index (χ4n) is 7.45. The monoisotopic (exact) mass is 471 g/mol. The van der Waals surface area contributed by atoms with Crippen molar-refractivity contribution in [2.45, 2.75) is 94.7 Å². The number of amides is 1. The van der Waals surface area contributed by atoms with Crippen molar-refractivity contribution in [2.75, 3.05) is 23.7 Å². The molecule has 3 atom stereocenters. The SMILES string of the molecule is CCCSc1nc(N2CCCC(CCC)C2)ccc1C(=O)N[C@H]1C2CC3CC1C[C@@](O)(C3)C2. The number of rotatable bonds is 8. The first-order valence-corrected chi connectivity index (χ1v) is 14.4. The number of carbonyl (C=O) groups is 1. The number of pyridine rings is 1. The van der Waals surface area contributed by atoms with Crippen LogP contribution >= 0.6 is 11.8 Å². The molecule has 4 aliphatic carbocycles. The lowest BCUT2D eigenvalue weighted by Crippen LogP contribution is -2.61. The van der Waals surface area contributed by atoms with Gasteiger partial charge in [0.05, 0.1) is 11.2 Å². The van der Waals surface area contributed by atoms with Crippen LogP contribution in [-0.2, 0) is 0 Å². The molecule has 4 saturated carbocycles. The van der Waals surface area contributed by atoms with E-state index in [1.54, 1.807) is 11.8 Å². The zero-order valence-corrected chi connectivity index (χ0v) is 21.2.